The fraction of sp³-hybridized carbons (Fsp3) is 0.619. The number of nitrogens with zero attached hydrogens (tertiary/aromatic N) is 4. The summed E-state index contributed by atoms with van der Waals surface area (Å²) in [6.45, 7) is 8.54. The number of fused-ring (bicyclic) bond motifs is 1. The van der Waals surface area contributed by atoms with Gasteiger partial charge >= 0.3 is 0 Å². The molecule has 154 valence electrons. The van der Waals surface area contributed by atoms with Gasteiger partial charge < -0.3 is 10.0 Å². The number of benzene rings is 1. The third-order valence-corrected chi connectivity index (χ3v) is 6.15. The molecule has 7 heteroatoms. The van der Waals surface area contributed by atoms with E-state index in [1.165, 1.54) is 0 Å². The molecular weight excluding hydrogens is 420 g/mol. The molecule has 1 aromatic carbocycles. The minimum absolute atomic E-state index is 0.0237. The summed E-state index contributed by atoms with van der Waals surface area (Å²) in [5.41, 5.74) is 0.773. The number of hydrogen-bond donors (Lipinski definition) is 1. The third kappa shape index (κ3) is 4.48. The largest absolute Gasteiger partial charge is 0.396 e. The molecule has 0 unspecified atom stereocenters. The number of aliphatic hydroxyl groups is 1. The second-order valence-corrected chi connectivity index (χ2v) is 8.71. The Labute approximate surface area is 175 Å². The van der Waals surface area contributed by atoms with Crippen molar-refractivity contribution in [2.24, 2.45) is 5.92 Å². The standard InChI is InChI=1S/C21H31BrN4O2/c1-4-6-19(25-10-9-24(3)12-15(13-25)14-27)20-23-18-8-7-16(22)11-17(18)21(28)26(20)5-2/h7-8,11,15,19,27H,4-6,9-10,12-14H2,1-3H3/t15-,19+/m1/s1. The Hall–Kier alpha value is -1.28. The maximum Gasteiger partial charge on any atom is 0.261 e. The van der Waals surface area contributed by atoms with Crippen molar-refractivity contribution in [3.05, 3.63) is 38.9 Å². The summed E-state index contributed by atoms with van der Waals surface area (Å²) >= 11 is 3.46. The Morgan fingerprint density at radius 1 is 1.29 bits per heavy atom. The molecular formula is C21H31BrN4O2. The molecule has 2 aromatic rings. The van der Waals surface area contributed by atoms with Gasteiger partial charge in [0.2, 0.25) is 0 Å². The van der Waals surface area contributed by atoms with Gasteiger partial charge in [0.25, 0.3) is 5.56 Å². The molecule has 1 saturated heterocycles. The molecule has 1 aromatic heterocycles. The van der Waals surface area contributed by atoms with Gasteiger partial charge in [0, 0.05) is 49.7 Å². The van der Waals surface area contributed by atoms with Gasteiger partial charge in [-0.1, -0.05) is 29.3 Å². The molecule has 0 aliphatic carbocycles. The molecule has 0 spiro atoms. The lowest BCUT2D eigenvalue weighted by Crippen LogP contribution is -2.38. The van der Waals surface area contributed by atoms with Crippen LogP contribution in [0.1, 0.15) is 38.6 Å². The monoisotopic (exact) mass is 450 g/mol. The van der Waals surface area contributed by atoms with Gasteiger partial charge in [-0.15, -0.1) is 0 Å². The molecule has 2 heterocycles. The summed E-state index contributed by atoms with van der Waals surface area (Å²) in [6, 6.07) is 5.79. The fourth-order valence-electron chi connectivity index (χ4n) is 4.23. The van der Waals surface area contributed by atoms with Crippen molar-refractivity contribution < 1.29 is 5.11 Å². The number of rotatable bonds is 6. The highest BCUT2D eigenvalue weighted by atomic mass is 79.9. The first-order valence-electron chi connectivity index (χ1n) is 10.2. The van der Waals surface area contributed by atoms with E-state index >= 15 is 0 Å². The Kier molecular flexibility index (Phi) is 7.25. The van der Waals surface area contributed by atoms with E-state index in [4.69, 9.17) is 4.98 Å². The zero-order valence-electron chi connectivity index (χ0n) is 17.1. The van der Waals surface area contributed by atoms with Crippen LogP contribution in [0.4, 0.5) is 0 Å². The average Bonchev–Trinajstić information content (AvgIpc) is 2.88. The van der Waals surface area contributed by atoms with E-state index in [9.17, 15) is 9.90 Å². The quantitative estimate of drug-likeness (QED) is 0.732. The summed E-state index contributed by atoms with van der Waals surface area (Å²) in [5, 5.41) is 10.5. The van der Waals surface area contributed by atoms with Crippen LogP contribution in [-0.4, -0.2) is 64.3 Å². The zero-order chi connectivity index (χ0) is 20.3. The number of halogens is 1. The summed E-state index contributed by atoms with van der Waals surface area (Å²) in [5.74, 6) is 1.07. The molecule has 2 atom stereocenters. The molecule has 6 nitrogen and oxygen atoms in total. The van der Waals surface area contributed by atoms with E-state index in [1.807, 2.05) is 29.7 Å². The topological polar surface area (TPSA) is 61.6 Å². The number of hydrogen-bond acceptors (Lipinski definition) is 5. The molecule has 0 bridgehead atoms. The van der Waals surface area contributed by atoms with E-state index in [-0.39, 0.29) is 24.1 Å². The van der Waals surface area contributed by atoms with E-state index in [1.54, 1.807) is 0 Å². The van der Waals surface area contributed by atoms with Crippen LogP contribution in [0, 0.1) is 5.92 Å². The van der Waals surface area contributed by atoms with Crippen molar-refractivity contribution >= 4 is 26.8 Å². The van der Waals surface area contributed by atoms with Crippen molar-refractivity contribution in [1.82, 2.24) is 19.4 Å². The molecule has 0 saturated carbocycles. The zero-order valence-corrected chi connectivity index (χ0v) is 18.7. The van der Waals surface area contributed by atoms with E-state index in [0.29, 0.717) is 11.9 Å². The van der Waals surface area contributed by atoms with Crippen LogP contribution < -0.4 is 5.56 Å². The first-order chi connectivity index (χ1) is 13.5. The molecule has 1 aliphatic rings. The molecule has 3 rings (SSSR count). The van der Waals surface area contributed by atoms with Gasteiger partial charge in [-0.05, 0) is 38.6 Å². The van der Waals surface area contributed by atoms with Crippen LogP contribution >= 0.6 is 15.9 Å². The average molecular weight is 451 g/mol. The van der Waals surface area contributed by atoms with Crippen LogP contribution in [0.15, 0.2) is 27.5 Å². The van der Waals surface area contributed by atoms with Crippen LogP contribution in [0.3, 0.4) is 0 Å². The van der Waals surface area contributed by atoms with Gasteiger partial charge in [0.1, 0.15) is 5.82 Å². The van der Waals surface area contributed by atoms with Gasteiger partial charge in [-0.2, -0.15) is 0 Å². The van der Waals surface area contributed by atoms with E-state index in [0.717, 1.165) is 54.8 Å². The smallest absolute Gasteiger partial charge is 0.261 e. The lowest BCUT2D eigenvalue weighted by molar-refractivity contribution is 0.133. The van der Waals surface area contributed by atoms with Gasteiger partial charge in [-0.25, -0.2) is 4.98 Å². The second-order valence-electron chi connectivity index (χ2n) is 7.79. The van der Waals surface area contributed by atoms with Gasteiger partial charge in [-0.3, -0.25) is 14.3 Å². The van der Waals surface area contributed by atoms with Crippen LogP contribution in [0.2, 0.25) is 0 Å². The first kappa shape index (κ1) is 21.4. The summed E-state index contributed by atoms with van der Waals surface area (Å²) in [6.07, 6.45) is 1.95. The third-order valence-electron chi connectivity index (χ3n) is 5.65. The highest BCUT2D eigenvalue weighted by Gasteiger charge is 2.29. The first-order valence-corrected chi connectivity index (χ1v) is 11.0. The van der Waals surface area contributed by atoms with Crippen molar-refractivity contribution in [3.63, 3.8) is 0 Å². The number of aliphatic hydroxyl groups excluding tert-OH is 1. The molecule has 0 radical (unpaired) electrons. The lowest BCUT2D eigenvalue weighted by atomic mass is 10.1. The van der Waals surface area contributed by atoms with Gasteiger partial charge in [0.15, 0.2) is 0 Å². The van der Waals surface area contributed by atoms with Crippen LogP contribution in [-0.2, 0) is 6.54 Å². The van der Waals surface area contributed by atoms with Crippen LogP contribution in [0.5, 0.6) is 0 Å². The maximum atomic E-state index is 13.2. The summed E-state index contributed by atoms with van der Waals surface area (Å²) < 4.78 is 2.72. The maximum absolute atomic E-state index is 13.2. The lowest BCUT2D eigenvalue weighted by Gasteiger charge is -2.33. The van der Waals surface area contributed by atoms with Crippen molar-refractivity contribution in [2.45, 2.75) is 39.3 Å². The highest BCUT2D eigenvalue weighted by molar-refractivity contribution is 9.10. The predicted octanol–water partition coefficient (Wildman–Crippen LogP) is 2.88. The molecule has 1 aliphatic heterocycles. The Morgan fingerprint density at radius 3 is 2.75 bits per heavy atom. The van der Waals surface area contributed by atoms with Crippen LogP contribution in [0.25, 0.3) is 10.9 Å². The molecule has 1 N–H and O–H groups in total. The number of aromatic nitrogens is 2. The predicted molar refractivity (Wildman–Crippen MR) is 117 cm³/mol. The Morgan fingerprint density at radius 2 is 2.07 bits per heavy atom. The van der Waals surface area contributed by atoms with Gasteiger partial charge in [0.05, 0.1) is 16.9 Å². The fourth-order valence-corrected chi connectivity index (χ4v) is 4.59. The summed E-state index contributed by atoms with van der Waals surface area (Å²) in [4.78, 5) is 22.9. The van der Waals surface area contributed by atoms with E-state index in [2.05, 4.69) is 39.7 Å². The second kappa shape index (κ2) is 9.48. The van der Waals surface area contributed by atoms with Crippen molar-refractivity contribution in [1.29, 1.82) is 0 Å². The molecule has 1 fully saturated rings. The van der Waals surface area contributed by atoms with Crippen molar-refractivity contribution in [2.75, 3.05) is 39.8 Å². The Bertz CT molecular complexity index is 869. The highest BCUT2D eigenvalue weighted by Crippen LogP contribution is 2.28. The summed E-state index contributed by atoms with van der Waals surface area (Å²) in [7, 11) is 2.11. The van der Waals surface area contributed by atoms with Crippen molar-refractivity contribution in [3.8, 4) is 0 Å². The normalized spacial score (nSPS) is 20.4. The molecule has 28 heavy (non-hydrogen) atoms. The SMILES string of the molecule is CCC[C@@H](c1nc2ccc(Br)cc2c(=O)n1CC)N1CCN(C)C[C@@H](CO)C1. The minimum Gasteiger partial charge on any atom is -0.396 e. The molecule has 0 amide bonds. The minimum atomic E-state index is 0.0237. The van der Waals surface area contributed by atoms with E-state index < -0.39 is 0 Å². The Balaban J connectivity index is 2.09. The number of likely N-dealkylation sites (N-methyl/N-ethyl adjacent to an activating group) is 1.